The minimum absolute atomic E-state index is 0.0514. The highest BCUT2D eigenvalue weighted by Crippen LogP contribution is 2.38. The molecule has 1 aliphatic heterocycles. The normalized spacial score (nSPS) is 20.6. The Hall–Kier alpha value is -5.44. The maximum atomic E-state index is 13.3. The highest BCUT2D eigenvalue weighted by molar-refractivity contribution is 5.93. The largest absolute Gasteiger partial charge is 0.497 e. The summed E-state index contributed by atoms with van der Waals surface area (Å²) in [6.45, 7) is 3.79. The van der Waals surface area contributed by atoms with Crippen LogP contribution in [0.25, 0.3) is 11.0 Å². The van der Waals surface area contributed by atoms with E-state index in [1.807, 2.05) is 0 Å². The molecule has 15 heteroatoms. The van der Waals surface area contributed by atoms with E-state index < -0.39 is 78.5 Å². The summed E-state index contributed by atoms with van der Waals surface area (Å²) < 4.78 is 49.6. The Kier molecular flexibility index (Phi) is 10.6. The monoisotopic (exact) mass is 642 g/mol. The lowest BCUT2D eigenvalue weighted by Crippen LogP contribution is -2.63. The van der Waals surface area contributed by atoms with Crippen LogP contribution >= 0.6 is 0 Å². The summed E-state index contributed by atoms with van der Waals surface area (Å²) in [6.07, 6.45) is -7.76. The van der Waals surface area contributed by atoms with Gasteiger partial charge in [0.1, 0.15) is 24.0 Å². The molecule has 5 atom stereocenters. The highest BCUT2D eigenvalue weighted by Gasteiger charge is 2.53. The summed E-state index contributed by atoms with van der Waals surface area (Å²) in [6, 6.07) is 12.1. The molecule has 1 saturated heterocycles. The van der Waals surface area contributed by atoms with Crippen molar-refractivity contribution in [3.63, 3.8) is 0 Å². The average molecular weight is 643 g/mol. The van der Waals surface area contributed by atoms with Crippen LogP contribution in [-0.2, 0) is 42.9 Å². The predicted octanol–water partition coefficient (Wildman–Crippen LogP) is 2.48. The third-order valence-corrected chi connectivity index (χ3v) is 6.41. The summed E-state index contributed by atoms with van der Waals surface area (Å²) in [5, 5.41) is 0.0871. The Morgan fingerprint density at radius 3 is 2.00 bits per heavy atom. The summed E-state index contributed by atoms with van der Waals surface area (Å²) in [4.78, 5) is 74.5. The van der Waals surface area contributed by atoms with Gasteiger partial charge >= 0.3 is 35.5 Å². The molecule has 46 heavy (non-hydrogen) atoms. The molecule has 2 heterocycles. The molecular formula is C31H30O15. The van der Waals surface area contributed by atoms with Crippen LogP contribution in [0.4, 0.5) is 0 Å². The van der Waals surface area contributed by atoms with Gasteiger partial charge in [-0.1, -0.05) is 18.2 Å². The van der Waals surface area contributed by atoms with Crippen LogP contribution in [0, 0.1) is 0 Å². The van der Waals surface area contributed by atoms with E-state index in [-0.39, 0.29) is 22.3 Å². The molecule has 3 aromatic rings. The van der Waals surface area contributed by atoms with Gasteiger partial charge in [0.15, 0.2) is 18.0 Å². The van der Waals surface area contributed by atoms with Crippen LogP contribution in [0.3, 0.4) is 0 Å². The van der Waals surface area contributed by atoms with Gasteiger partial charge in [0.25, 0.3) is 5.75 Å². The maximum absolute atomic E-state index is 13.3. The van der Waals surface area contributed by atoms with Gasteiger partial charge in [-0.2, -0.15) is 0 Å². The highest BCUT2D eigenvalue weighted by atomic mass is 16.7. The lowest BCUT2D eigenvalue weighted by molar-refractivity contribution is -0.288. The second kappa shape index (κ2) is 14.6. The van der Waals surface area contributed by atoms with E-state index in [1.165, 1.54) is 37.4 Å². The fourth-order valence-electron chi connectivity index (χ4n) is 4.59. The van der Waals surface area contributed by atoms with Crippen molar-refractivity contribution >= 4 is 40.8 Å². The first kappa shape index (κ1) is 33.5. The quantitative estimate of drug-likeness (QED) is 0.178. The van der Waals surface area contributed by atoms with Crippen molar-refractivity contribution in [1.29, 1.82) is 0 Å². The standard InChI is InChI=1S/C31H30O15/c1-15(32)39-14-23-25(40-16(2)33)26(41-17(3)34)28(42-18(4)35)31(44-23)46-24-21-12-11-20(38-5)13-22(21)43-30(37)27(24)45-29(36)19-9-7-6-8-10-19/h6-13,23,25-26,28,31H,14H2,1-5H3/t23-,25+,26+,28-,31-/m1/s1. The van der Waals surface area contributed by atoms with Crippen LogP contribution < -0.4 is 19.8 Å². The number of hydrogen-bond acceptors (Lipinski definition) is 15. The summed E-state index contributed by atoms with van der Waals surface area (Å²) in [5.74, 6) is -4.99. The molecule has 1 aromatic heterocycles. The molecule has 0 N–H and O–H groups in total. The van der Waals surface area contributed by atoms with Crippen molar-refractivity contribution in [2.45, 2.75) is 58.4 Å². The molecule has 2 aromatic carbocycles. The molecule has 0 saturated carbocycles. The molecule has 1 aliphatic rings. The Morgan fingerprint density at radius 2 is 1.39 bits per heavy atom. The molecular weight excluding hydrogens is 612 g/mol. The number of ether oxygens (including phenoxy) is 8. The zero-order valence-electron chi connectivity index (χ0n) is 25.3. The molecule has 0 radical (unpaired) electrons. The van der Waals surface area contributed by atoms with Crippen LogP contribution in [-0.4, -0.2) is 74.3 Å². The van der Waals surface area contributed by atoms with E-state index in [1.54, 1.807) is 18.2 Å². The van der Waals surface area contributed by atoms with Crippen LogP contribution in [0.1, 0.15) is 38.1 Å². The Balaban J connectivity index is 1.88. The van der Waals surface area contributed by atoms with Crippen LogP contribution in [0.2, 0.25) is 0 Å². The van der Waals surface area contributed by atoms with E-state index in [4.69, 9.17) is 42.3 Å². The first-order valence-corrected chi connectivity index (χ1v) is 13.8. The van der Waals surface area contributed by atoms with Crippen molar-refractivity contribution in [3.8, 4) is 17.2 Å². The minimum Gasteiger partial charge on any atom is -0.497 e. The second-order valence-electron chi connectivity index (χ2n) is 9.85. The zero-order chi connectivity index (χ0) is 33.5. The van der Waals surface area contributed by atoms with Gasteiger partial charge in [0, 0.05) is 33.8 Å². The molecule has 0 bridgehead atoms. The van der Waals surface area contributed by atoms with Crippen molar-refractivity contribution in [2.24, 2.45) is 0 Å². The van der Waals surface area contributed by atoms with Crippen molar-refractivity contribution in [3.05, 3.63) is 64.5 Å². The summed E-state index contributed by atoms with van der Waals surface area (Å²) in [7, 11) is 1.39. The van der Waals surface area contributed by atoms with E-state index in [2.05, 4.69) is 0 Å². The Bertz CT molecular complexity index is 1680. The SMILES string of the molecule is COc1ccc2c(O[C@H]3O[C@H](COC(C)=O)[C@H](OC(C)=O)[C@H](OC(C)=O)[C@H]3OC(C)=O)c(OC(=O)c3ccccc3)c(=O)oc2c1. The summed E-state index contributed by atoms with van der Waals surface area (Å²) in [5.41, 5.74) is -1.09. The first-order chi connectivity index (χ1) is 21.9. The van der Waals surface area contributed by atoms with Crippen molar-refractivity contribution in [1.82, 2.24) is 0 Å². The minimum atomic E-state index is -1.75. The van der Waals surface area contributed by atoms with Crippen molar-refractivity contribution < 1.29 is 66.3 Å². The van der Waals surface area contributed by atoms with Gasteiger partial charge in [-0.3, -0.25) is 19.2 Å². The zero-order valence-corrected chi connectivity index (χ0v) is 25.3. The number of fused-ring (bicyclic) bond motifs is 1. The second-order valence-corrected chi connectivity index (χ2v) is 9.85. The fraction of sp³-hybridized carbons (Fsp3) is 0.355. The molecule has 4 rings (SSSR count). The predicted molar refractivity (Wildman–Crippen MR) is 153 cm³/mol. The van der Waals surface area contributed by atoms with Crippen LogP contribution in [0.15, 0.2) is 57.7 Å². The molecule has 15 nitrogen and oxygen atoms in total. The van der Waals surface area contributed by atoms with E-state index in [9.17, 15) is 28.8 Å². The van der Waals surface area contributed by atoms with Crippen LogP contribution in [0.5, 0.6) is 17.2 Å². The molecule has 1 fully saturated rings. The number of hydrogen-bond donors (Lipinski definition) is 0. The van der Waals surface area contributed by atoms with E-state index in [0.717, 1.165) is 27.7 Å². The third-order valence-electron chi connectivity index (χ3n) is 6.41. The number of methoxy groups -OCH3 is 1. The number of carbonyl (C=O) groups excluding carboxylic acids is 5. The topological polar surface area (TPSA) is 189 Å². The maximum Gasteiger partial charge on any atom is 0.383 e. The first-order valence-electron chi connectivity index (χ1n) is 13.8. The van der Waals surface area contributed by atoms with E-state index >= 15 is 0 Å². The number of carbonyl (C=O) groups is 5. The molecule has 0 unspecified atom stereocenters. The average Bonchev–Trinajstić information content (AvgIpc) is 3.00. The van der Waals surface area contributed by atoms with Crippen molar-refractivity contribution in [2.75, 3.05) is 13.7 Å². The lowest BCUT2D eigenvalue weighted by atomic mass is 9.98. The van der Waals surface area contributed by atoms with Gasteiger partial charge in [0.05, 0.1) is 18.1 Å². The number of esters is 5. The molecule has 0 aliphatic carbocycles. The fourth-order valence-corrected chi connectivity index (χ4v) is 4.59. The smallest absolute Gasteiger partial charge is 0.383 e. The summed E-state index contributed by atoms with van der Waals surface area (Å²) >= 11 is 0. The molecule has 0 spiro atoms. The lowest BCUT2D eigenvalue weighted by Gasteiger charge is -2.44. The molecule has 0 amide bonds. The van der Waals surface area contributed by atoms with Gasteiger partial charge in [-0.15, -0.1) is 0 Å². The van der Waals surface area contributed by atoms with Gasteiger partial charge in [0.2, 0.25) is 12.4 Å². The third kappa shape index (κ3) is 7.98. The number of rotatable bonds is 10. The van der Waals surface area contributed by atoms with E-state index in [0.29, 0.717) is 5.75 Å². The van der Waals surface area contributed by atoms with Gasteiger partial charge in [-0.05, 0) is 24.3 Å². The number of benzene rings is 2. The van der Waals surface area contributed by atoms with Gasteiger partial charge in [-0.25, -0.2) is 9.59 Å². The Morgan fingerprint density at radius 1 is 0.761 bits per heavy atom. The van der Waals surface area contributed by atoms with Gasteiger partial charge < -0.3 is 42.3 Å². The Labute approximate surface area is 261 Å². The molecule has 244 valence electrons.